The van der Waals surface area contributed by atoms with E-state index < -0.39 is 0 Å². The second-order valence-electron chi connectivity index (χ2n) is 3.93. The summed E-state index contributed by atoms with van der Waals surface area (Å²) in [7, 11) is 0. The van der Waals surface area contributed by atoms with Crippen molar-refractivity contribution in [2.75, 3.05) is 6.61 Å². The van der Waals surface area contributed by atoms with Crippen LogP contribution in [0.1, 0.15) is 37.4 Å². The Balaban J connectivity index is 2.68. The summed E-state index contributed by atoms with van der Waals surface area (Å²) in [5.41, 5.74) is 0. The van der Waals surface area contributed by atoms with E-state index in [1.54, 1.807) is 24.9 Å². The van der Waals surface area contributed by atoms with Gasteiger partial charge in [0.2, 0.25) is 0 Å². The zero-order valence-electron chi connectivity index (χ0n) is 9.36. The third kappa shape index (κ3) is 4.22. The van der Waals surface area contributed by atoms with Crippen LogP contribution in [0.5, 0.6) is 0 Å². The Hall–Kier alpha value is -0.550. The number of carbonyl (C=O) groups is 1. The second kappa shape index (κ2) is 4.99. The molecule has 1 aromatic rings. The number of thiazole rings is 1. The van der Waals surface area contributed by atoms with Crippen molar-refractivity contribution in [3.63, 3.8) is 0 Å². The molecule has 1 aromatic heterocycles. The van der Waals surface area contributed by atoms with Gasteiger partial charge in [-0.15, -0.1) is 11.3 Å². The maximum absolute atomic E-state index is 11.4. The van der Waals surface area contributed by atoms with E-state index in [1.807, 2.05) is 0 Å². The van der Waals surface area contributed by atoms with E-state index in [2.05, 4.69) is 25.8 Å². The van der Waals surface area contributed by atoms with Crippen LogP contribution in [0.25, 0.3) is 0 Å². The molecule has 3 nitrogen and oxygen atoms in total. The highest BCUT2D eigenvalue weighted by Gasteiger charge is 2.17. The van der Waals surface area contributed by atoms with Crippen LogP contribution in [-0.4, -0.2) is 22.3 Å². The lowest BCUT2D eigenvalue weighted by atomic mass is 10.3. The minimum absolute atomic E-state index is 0.115. The molecule has 0 spiro atoms. The lowest BCUT2D eigenvalue weighted by Gasteiger charge is -2.14. The van der Waals surface area contributed by atoms with Crippen LogP contribution in [0.4, 0.5) is 0 Å². The fourth-order valence-corrected chi connectivity index (χ4v) is 3.22. The maximum Gasteiger partial charge on any atom is 0.349 e. The number of hydrogen-bond donors (Lipinski definition) is 0. The Morgan fingerprint density at radius 2 is 2.27 bits per heavy atom. The van der Waals surface area contributed by atoms with E-state index in [0.717, 1.165) is 4.34 Å². The van der Waals surface area contributed by atoms with Crippen molar-refractivity contribution >= 4 is 29.1 Å². The van der Waals surface area contributed by atoms with Crippen molar-refractivity contribution in [3.05, 3.63) is 11.1 Å². The first-order valence-corrected chi connectivity index (χ1v) is 6.37. The Labute approximate surface area is 98.2 Å². The summed E-state index contributed by atoms with van der Waals surface area (Å²) in [4.78, 5) is 16.1. The molecule has 5 heteroatoms. The Bertz CT molecular complexity index is 341. The zero-order chi connectivity index (χ0) is 11.5. The molecule has 1 rings (SSSR count). The van der Waals surface area contributed by atoms with E-state index in [1.165, 1.54) is 11.3 Å². The molecule has 0 aliphatic rings. The number of hydrogen-bond acceptors (Lipinski definition) is 5. The molecule has 0 saturated heterocycles. The van der Waals surface area contributed by atoms with Crippen molar-refractivity contribution in [1.82, 2.24) is 4.98 Å². The Kier molecular flexibility index (Phi) is 4.16. The number of esters is 1. The highest BCUT2D eigenvalue weighted by Crippen LogP contribution is 2.34. The third-order valence-corrected chi connectivity index (χ3v) is 3.52. The van der Waals surface area contributed by atoms with Gasteiger partial charge in [0.15, 0.2) is 4.34 Å². The number of aromatic nitrogens is 1. The average molecular weight is 245 g/mol. The molecule has 0 aliphatic heterocycles. The highest BCUT2D eigenvalue weighted by atomic mass is 32.2. The standard InChI is InChI=1S/C10H15NO2S2/c1-5-13-8(12)7-6-11-9(14-7)15-10(2,3)4/h6H,5H2,1-4H3. The first-order valence-electron chi connectivity index (χ1n) is 4.74. The van der Waals surface area contributed by atoms with E-state index in [-0.39, 0.29) is 10.7 Å². The van der Waals surface area contributed by atoms with Crippen LogP contribution in [0.15, 0.2) is 10.5 Å². The van der Waals surface area contributed by atoms with Crippen molar-refractivity contribution < 1.29 is 9.53 Å². The summed E-state index contributed by atoms with van der Waals surface area (Å²) >= 11 is 3.04. The summed E-state index contributed by atoms with van der Waals surface area (Å²) in [6, 6.07) is 0. The molecule has 0 N–H and O–H groups in total. The number of carbonyl (C=O) groups excluding carboxylic acids is 1. The molecule has 0 atom stereocenters. The molecule has 0 amide bonds. The first kappa shape index (κ1) is 12.5. The molecular formula is C10H15NO2S2. The van der Waals surface area contributed by atoms with Gasteiger partial charge in [0.25, 0.3) is 0 Å². The van der Waals surface area contributed by atoms with Crippen molar-refractivity contribution in [1.29, 1.82) is 0 Å². The number of thioether (sulfide) groups is 1. The highest BCUT2D eigenvalue weighted by molar-refractivity contribution is 8.02. The molecule has 1 heterocycles. The summed E-state index contributed by atoms with van der Waals surface area (Å²) in [6.07, 6.45) is 1.58. The SMILES string of the molecule is CCOC(=O)c1cnc(SC(C)(C)C)s1. The lowest BCUT2D eigenvalue weighted by molar-refractivity contribution is 0.0532. The van der Waals surface area contributed by atoms with Gasteiger partial charge < -0.3 is 4.74 Å². The molecule has 0 fully saturated rings. The third-order valence-electron chi connectivity index (χ3n) is 1.35. The fraction of sp³-hybridized carbons (Fsp3) is 0.600. The van der Waals surface area contributed by atoms with Gasteiger partial charge in [-0.1, -0.05) is 32.5 Å². The molecule has 0 bridgehead atoms. The van der Waals surface area contributed by atoms with Crippen LogP contribution in [0.2, 0.25) is 0 Å². The molecule has 0 aliphatic carbocycles. The minimum atomic E-state index is -0.282. The predicted octanol–water partition coefficient (Wildman–Crippen LogP) is 3.21. The van der Waals surface area contributed by atoms with Gasteiger partial charge >= 0.3 is 5.97 Å². The topological polar surface area (TPSA) is 39.2 Å². The lowest BCUT2D eigenvalue weighted by Crippen LogP contribution is -2.06. The predicted molar refractivity (Wildman–Crippen MR) is 63.7 cm³/mol. The Morgan fingerprint density at radius 1 is 1.60 bits per heavy atom. The Morgan fingerprint density at radius 3 is 2.80 bits per heavy atom. The molecule has 84 valence electrons. The largest absolute Gasteiger partial charge is 0.462 e. The first-order chi connectivity index (χ1) is 6.92. The second-order valence-corrected chi connectivity index (χ2v) is 7.03. The van der Waals surface area contributed by atoms with Gasteiger partial charge in [-0.25, -0.2) is 9.78 Å². The van der Waals surface area contributed by atoms with E-state index >= 15 is 0 Å². The van der Waals surface area contributed by atoms with E-state index in [4.69, 9.17) is 4.74 Å². The van der Waals surface area contributed by atoms with Gasteiger partial charge in [-0.2, -0.15) is 0 Å². The molecule has 0 radical (unpaired) electrons. The van der Waals surface area contributed by atoms with Gasteiger partial charge in [0, 0.05) is 4.75 Å². The molecule has 0 unspecified atom stereocenters. The van der Waals surface area contributed by atoms with Gasteiger partial charge in [-0.3, -0.25) is 0 Å². The minimum Gasteiger partial charge on any atom is -0.462 e. The number of nitrogens with zero attached hydrogens (tertiary/aromatic N) is 1. The normalized spacial score (nSPS) is 11.5. The van der Waals surface area contributed by atoms with Crippen molar-refractivity contribution in [2.45, 2.75) is 36.8 Å². The van der Waals surface area contributed by atoms with Gasteiger partial charge in [0.1, 0.15) is 4.88 Å². The molecule has 0 aromatic carbocycles. The van der Waals surface area contributed by atoms with Crippen LogP contribution in [0, 0.1) is 0 Å². The smallest absolute Gasteiger partial charge is 0.349 e. The molecule has 0 saturated carbocycles. The van der Waals surface area contributed by atoms with Crippen LogP contribution >= 0.6 is 23.1 Å². The van der Waals surface area contributed by atoms with Crippen LogP contribution in [-0.2, 0) is 4.74 Å². The number of ether oxygens (including phenoxy) is 1. The summed E-state index contributed by atoms with van der Waals surface area (Å²) < 4.78 is 5.92. The summed E-state index contributed by atoms with van der Waals surface area (Å²) in [6.45, 7) is 8.54. The zero-order valence-corrected chi connectivity index (χ0v) is 11.0. The summed E-state index contributed by atoms with van der Waals surface area (Å²) in [5, 5.41) is 0. The fourth-order valence-electron chi connectivity index (χ4n) is 0.864. The summed E-state index contributed by atoms with van der Waals surface area (Å²) in [5.74, 6) is -0.282. The van der Waals surface area contributed by atoms with Crippen molar-refractivity contribution in [3.8, 4) is 0 Å². The van der Waals surface area contributed by atoms with Crippen LogP contribution in [0.3, 0.4) is 0 Å². The van der Waals surface area contributed by atoms with Crippen LogP contribution < -0.4 is 0 Å². The molecule has 15 heavy (non-hydrogen) atoms. The average Bonchev–Trinajstić information content (AvgIpc) is 2.50. The maximum atomic E-state index is 11.4. The van der Waals surface area contributed by atoms with Gasteiger partial charge in [-0.05, 0) is 6.92 Å². The number of rotatable bonds is 3. The monoisotopic (exact) mass is 245 g/mol. The van der Waals surface area contributed by atoms with Crippen molar-refractivity contribution in [2.24, 2.45) is 0 Å². The molecular weight excluding hydrogens is 230 g/mol. The quantitative estimate of drug-likeness (QED) is 0.605. The van der Waals surface area contributed by atoms with E-state index in [0.29, 0.717) is 11.5 Å². The van der Waals surface area contributed by atoms with Gasteiger partial charge in [0.05, 0.1) is 12.8 Å². The van der Waals surface area contributed by atoms with E-state index in [9.17, 15) is 4.79 Å².